The number of hydrogen-bond donors (Lipinski definition) is 1. The van der Waals surface area contributed by atoms with E-state index in [-0.39, 0.29) is 0 Å². The summed E-state index contributed by atoms with van der Waals surface area (Å²) in [5.74, 6) is 5.40. The topological polar surface area (TPSA) is 12.0 Å². The van der Waals surface area contributed by atoms with Crippen LogP contribution in [0.15, 0.2) is 0 Å². The number of nitrogens with one attached hydrogen (secondary N) is 1. The Labute approximate surface area is 101 Å². The molecule has 0 saturated heterocycles. The fourth-order valence-corrected chi connectivity index (χ4v) is 2.84. The standard InChI is InChI=1S/C15H27N/c1-5-6-7-14-10-13(4)8-9-15(14)11-16-12(2)3/h1,12-16H,6-11H2,2-4H3. The predicted octanol–water partition coefficient (Wildman–Crippen LogP) is 3.45. The van der Waals surface area contributed by atoms with Crippen LogP contribution in [0.4, 0.5) is 0 Å². The summed E-state index contributed by atoms with van der Waals surface area (Å²) in [6.45, 7) is 8.01. The molecular weight excluding hydrogens is 194 g/mol. The van der Waals surface area contributed by atoms with Crippen molar-refractivity contribution in [3.63, 3.8) is 0 Å². The van der Waals surface area contributed by atoms with E-state index in [1.54, 1.807) is 0 Å². The molecule has 3 unspecified atom stereocenters. The van der Waals surface area contributed by atoms with E-state index in [9.17, 15) is 0 Å². The maximum atomic E-state index is 5.38. The van der Waals surface area contributed by atoms with Crippen LogP contribution in [0.5, 0.6) is 0 Å². The Morgan fingerprint density at radius 1 is 1.31 bits per heavy atom. The molecule has 16 heavy (non-hydrogen) atoms. The zero-order valence-corrected chi connectivity index (χ0v) is 11.1. The Morgan fingerprint density at radius 2 is 2.06 bits per heavy atom. The second kappa shape index (κ2) is 6.97. The quantitative estimate of drug-likeness (QED) is 0.701. The van der Waals surface area contributed by atoms with Gasteiger partial charge in [-0.3, -0.25) is 0 Å². The van der Waals surface area contributed by atoms with E-state index in [0.717, 1.165) is 24.2 Å². The van der Waals surface area contributed by atoms with Crippen molar-refractivity contribution in [1.29, 1.82) is 0 Å². The van der Waals surface area contributed by atoms with Crippen LogP contribution in [-0.2, 0) is 0 Å². The van der Waals surface area contributed by atoms with Crippen molar-refractivity contribution in [1.82, 2.24) is 5.32 Å². The van der Waals surface area contributed by atoms with E-state index >= 15 is 0 Å². The lowest BCUT2D eigenvalue weighted by Gasteiger charge is -2.35. The second-order valence-corrected chi connectivity index (χ2v) is 5.74. The zero-order chi connectivity index (χ0) is 12.0. The third-order valence-electron chi connectivity index (χ3n) is 3.85. The molecule has 1 fully saturated rings. The van der Waals surface area contributed by atoms with Gasteiger partial charge in [-0.15, -0.1) is 12.3 Å². The maximum absolute atomic E-state index is 5.38. The molecule has 1 rings (SSSR count). The van der Waals surface area contributed by atoms with E-state index in [0.29, 0.717) is 6.04 Å². The van der Waals surface area contributed by atoms with Gasteiger partial charge in [-0.25, -0.2) is 0 Å². The van der Waals surface area contributed by atoms with Gasteiger partial charge < -0.3 is 5.32 Å². The van der Waals surface area contributed by atoms with Gasteiger partial charge in [0.15, 0.2) is 0 Å². The molecule has 1 nitrogen and oxygen atoms in total. The Bertz CT molecular complexity index is 226. The van der Waals surface area contributed by atoms with Gasteiger partial charge in [-0.05, 0) is 43.6 Å². The molecule has 0 aliphatic heterocycles. The van der Waals surface area contributed by atoms with Gasteiger partial charge in [0.2, 0.25) is 0 Å². The first-order chi connectivity index (χ1) is 7.63. The Kier molecular flexibility index (Phi) is 5.91. The average Bonchev–Trinajstić information content (AvgIpc) is 2.24. The first-order valence-corrected chi connectivity index (χ1v) is 6.80. The van der Waals surface area contributed by atoms with Crippen LogP contribution in [0.25, 0.3) is 0 Å². The first kappa shape index (κ1) is 13.6. The minimum Gasteiger partial charge on any atom is -0.314 e. The van der Waals surface area contributed by atoms with Crippen molar-refractivity contribution in [2.24, 2.45) is 17.8 Å². The number of rotatable bonds is 5. The minimum atomic E-state index is 0.604. The maximum Gasteiger partial charge on any atom is 0.00888 e. The zero-order valence-electron chi connectivity index (χ0n) is 11.1. The molecule has 3 atom stereocenters. The van der Waals surface area contributed by atoms with Crippen molar-refractivity contribution in [3.05, 3.63) is 0 Å². The lowest BCUT2D eigenvalue weighted by molar-refractivity contribution is 0.174. The lowest BCUT2D eigenvalue weighted by atomic mass is 9.72. The van der Waals surface area contributed by atoms with E-state index < -0.39 is 0 Å². The highest BCUT2D eigenvalue weighted by molar-refractivity contribution is 4.88. The molecule has 0 aromatic rings. The Hall–Kier alpha value is -0.480. The molecule has 0 spiro atoms. The van der Waals surface area contributed by atoms with Crippen molar-refractivity contribution >= 4 is 0 Å². The molecule has 0 heterocycles. The van der Waals surface area contributed by atoms with Crippen LogP contribution >= 0.6 is 0 Å². The second-order valence-electron chi connectivity index (χ2n) is 5.74. The highest BCUT2D eigenvalue weighted by atomic mass is 14.9. The van der Waals surface area contributed by atoms with Gasteiger partial charge >= 0.3 is 0 Å². The normalized spacial score (nSPS) is 30.3. The summed E-state index contributed by atoms with van der Waals surface area (Å²) in [4.78, 5) is 0. The summed E-state index contributed by atoms with van der Waals surface area (Å²) in [5, 5.41) is 3.58. The summed E-state index contributed by atoms with van der Waals surface area (Å²) < 4.78 is 0. The molecule has 0 aromatic carbocycles. The van der Waals surface area contributed by atoms with Crippen molar-refractivity contribution < 1.29 is 0 Å². The average molecular weight is 221 g/mol. The number of terminal acetylenes is 1. The summed E-state index contributed by atoms with van der Waals surface area (Å²) in [6.07, 6.45) is 11.7. The first-order valence-electron chi connectivity index (χ1n) is 6.80. The summed E-state index contributed by atoms with van der Waals surface area (Å²) in [5.41, 5.74) is 0. The van der Waals surface area contributed by atoms with E-state index in [4.69, 9.17) is 6.42 Å². The van der Waals surface area contributed by atoms with Gasteiger partial charge in [0.05, 0.1) is 0 Å². The fourth-order valence-electron chi connectivity index (χ4n) is 2.84. The van der Waals surface area contributed by atoms with E-state index in [1.165, 1.54) is 32.2 Å². The molecule has 1 saturated carbocycles. The van der Waals surface area contributed by atoms with Crippen LogP contribution in [0.1, 0.15) is 52.9 Å². The molecule has 1 heteroatoms. The van der Waals surface area contributed by atoms with E-state index in [2.05, 4.69) is 32.0 Å². The summed E-state index contributed by atoms with van der Waals surface area (Å²) in [7, 11) is 0. The SMILES string of the molecule is C#CCCC1CC(C)CCC1CNC(C)C. The molecule has 0 radical (unpaired) electrons. The van der Waals surface area contributed by atoms with Gasteiger partial charge in [-0.2, -0.15) is 0 Å². The van der Waals surface area contributed by atoms with Gasteiger partial charge in [0, 0.05) is 12.5 Å². The Balaban J connectivity index is 2.41. The van der Waals surface area contributed by atoms with Crippen LogP contribution in [0.2, 0.25) is 0 Å². The third kappa shape index (κ3) is 4.58. The molecule has 0 aromatic heterocycles. The summed E-state index contributed by atoms with van der Waals surface area (Å²) in [6, 6.07) is 0.604. The van der Waals surface area contributed by atoms with Crippen LogP contribution in [0, 0.1) is 30.1 Å². The minimum absolute atomic E-state index is 0.604. The molecule has 1 aliphatic rings. The lowest BCUT2D eigenvalue weighted by Crippen LogP contribution is -2.35. The highest BCUT2D eigenvalue weighted by Gasteiger charge is 2.27. The van der Waals surface area contributed by atoms with Crippen LogP contribution < -0.4 is 5.32 Å². The van der Waals surface area contributed by atoms with Crippen LogP contribution in [-0.4, -0.2) is 12.6 Å². The third-order valence-corrected chi connectivity index (χ3v) is 3.85. The summed E-state index contributed by atoms with van der Waals surface area (Å²) >= 11 is 0. The van der Waals surface area contributed by atoms with Gasteiger partial charge in [-0.1, -0.05) is 27.2 Å². The predicted molar refractivity (Wildman–Crippen MR) is 71.2 cm³/mol. The largest absolute Gasteiger partial charge is 0.314 e. The molecule has 0 bridgehead atoms. The van der Waals surface area contributed by atoms with Crippen molar-refractivity contribution in [2.45, 2.75) is 58.9 Å². The Morgan fingerprint density at radius 3 is 2.69 bits per heavy atom. The smallest absolute Gasteiger partial charge is 0.00888 e. The fraction of sp³-hybridized carbons (Fsp3) is 0.867. The molecule has 1 N–H and O–H groups in total. The van der Waals surface area contributed by atoms with Crippen molar-refractivity contribution in [2.75, 3.05) is 6.54 Å². The van der Waals surface area contributed by atoms with Gasteiger partial charge in [0.1, 0.15) is 0 Å². The number of hydrogen-bond acceptors (Lipinski definition) is 1. The van der Waals surface area contributed by atoms with E-state index in [1.807, 2.05) is 0 Å². The highest BCUT2D eigenvalue weighted by Crippen LogP contribution is 2.36. The van der Waals surface area contributed by atoms with Gasteiger partial charge in [0.25, 0.3) is 0 Å². The molecule has 1 aliphatic carbocycles. The van der Waals surface area contributed by atoms with Crippen molar-refractivity contribution in [3.8, 4) is 12.3 Å². The molecular formula is C15H27N. The van der Waals surface area contributed by atoms with Crippen LogP contribution in [0.3, 0.4) is 0 Å². The monoisotopic (exact) mass is 221 g/mol. The molecule has 0 amide bonds. The molecule has 92 valence electrons.